The van der Waals surface area contributed by atoms with Crippen LogP contribution in [0.4, 0.5) is 8.78 Å². The van der Waals surface area contributed by atoms with Crippen molar-refractivity contribution in [2.75, 3.05) is 13.1 Å². The van der Waals surface area contributed by atoms with Gasteiger partial charge in [0.2, 0.25) is 0 Å². The highest BCUT2D eigenvalue weighted by molar-refractivity contribution is 5.55. The van der Waals surface area contributed by atoms with Crippen molar-refractivity contribution in [3.05, 3.63) is 47.8 Å². The number of aryl methyl sites for hydroxylation is 1. The van der Waals surface area contributed by atoms with Gasteiger partial charge >= 0.3 is 0 Å². The third kappa shape index (κ3) is 3.65. The molecule has 3 nitrogen and oxygen atoms in total. The number of benzene rings is 1. The average molecular weight is 303 g/mol. The number of nitrogens with zero attached hydrogens (tertiary/aromatic N) is 3. The molecule has 2 heterocycles. The largest absolute Gasteiger partial charge is 0.299 e. The quantitative estimate of drug-likeness (QED) is 0.866. The molecular formula is C17H19F2N3. The number of aromatic nitrogens is 2. The molecule has 0 radical (unpaired) electrons. The second kappa shape index (κ2) is 6.08. The Hall–Kier alpha value is -1.88. The highest BCUT2D eigenvalue weighted by Gasteiger charge is 2.33. The first-order chi connectivity index (χ1) is 10.5. The second-order valence-electron chi connectivity index (χ2n) is 5.92. The van der Waals surface area contributed by atoms with Gasteiger partial charge < -0.3 is 0 Å². The van der Waals surface area contributed by atoms with E-state index < -0.39 is 5.92 Å². The summed E-state index contributed by atoms with van der Waals surface area (Å²) in [7, 11) is 0. The van der Waals surface area contributed by atoms with Crippen LogP contribution in [-0.2, 0) is 6.54 Å². The molecule has 1 aromatic heterocycles. The standard InChI is InChI=1S/C17H19F2N3/c1-13-3-2-4-15(9-13)16-20-10-14(11-21-16)12-22-7-5-17(18,19)6-8-22/h2-4,9-11H,5-8,12H2,1H3. The first kappa shape index (κ1) is 15.0. The Morgan fingerprint density at radius 2 is 1.82 bits per heavy atom. The third-order valence-electron chi connectivity index (χ3n) is 3.98. The molecule has 1 aliphatic heterocycles. The number of hydrogen-bond acceptors (Lipinski definition) is 3. The van der Waals surface area contributed by atoms with E-state index in [1.807, 2.05) is 36.1 Å². The molecule has 1 fully saturated rings. The van der Waals surface area contributed by atoms with Crippen LogP contribution in [-0.4, -0.2) is 33.9 Å². The molecule has 1 aromatic carbocycles. The molecule has 0 saturated carbocycles. The van der Waals surface area contributed by atoms with E-state index in [4.69, 9.17) is 0 Å². The van der Waals surface area contributed by atoms with Gasteiger partial charge in [-0.15, -0.1) is 0 Å². The van der Waals surface area contributed by atoms with E-state index in [0.29, 0.717) is 25.5 Å². The fraction of sp³-hybridized carbons (Fsp3) is 0.412. The van der Waals surface area contributed by atoms with Crippen molar-refractivity contribution in [2.45, 2.75) is 32.2 Å². The Labute approximate surface area is 129 Å². The number of rotatable bonds is 3. The lowest BCUT2D eigenvalue weighted by Gasteiger charge is -2.31. The van der Waals surface area contributed by atoms with E-state index in [2.05, 4.69) is 9.97 Å². The molecule has 2 aromatic rings. The average Bonchev–Trinajstić information content (AvgIpc) is 2.50. The molecule has 0 N–H and O–H groups in total. The highest BCUT2D eigenvalue weighted by atomic mass is 19.3. The summed E-state index contributed by atoms with van der Waals surface area (Å²) in [6.07, 6.45) is 3.46. The minimum absolute atomic E-state index is 0.0603. The van der Waals surface area contributed by atoms with Gasteiger partial charge in [-0.1, -0.05) is 23.8 Å². The SMILES string of the molecule is Cc1cccc(-c2ncc(CN3CCC(F)(F)CC3)cn2)c1. The fourth-order valence-electron chi connectivity index (χ4n) is 2.67. The van der Waals surface area contributed by atoms with Crippen molar-refractivity contribution in [3.63, 3.8) is 0 Å². The van der Waals surface area contributed by atoms with Crippen molar-refractivity contribution >= 4 is 0 Å². The van der Waals surface area contributed by atoms with Crippen molar-refractivity contribution in [3.8, 4) is 11.4 Å². The lowest BCUT2D eigenvalue weighted by atomic mass is 10.1. The summed E-state index contributed by atoms with van der Waals surface area (Å²) in [6.45, 7) is 3.51. The maximum atomic E-state index is 13.1. The lowest BCUT2D eigenvalue weighted by molar-refractivity contribution is -0.0566. The van der Waals surface area contributed by atoms with Crippen LogP contribution in [0.3, 0.4) is 0 Å². The van der Waals surface area contributed by atoms with Gasteiger partial charge in [-0.25, -0.2) is 18.7 Å². The van der Waals surface area contributed by atoms with Crippen LogP contribution in [0.2, 0.25) is 0 Å². The second-order valence-corrected chi connectivity index (χ2v) is 5.92. The molecule has 0 unspecified atom stereocenters. The molecule has 1 aliphatic rings. The van der Waals surface area contributed by atoms with Crippen LogP contribution in [0.1, 0.15) is 24.0 Å². The summed E-state index contributed by atoms with van der Waals surface area (Å²) < 4.78 is 26.3. The first-order valence-corrected chi connectivity index (χ1v) is 7.50. The van der Waals surface area contributed by atoms with E-state index in [1.54, 1.807) is 12.4 Å². The zero-order valence-corrected chi connectivity index (χ0v) is 12.6. The zero-order valence-electron chi connectivity index (χ0n) is 12.6. The van der Waals surface area contributed by atoms with Gasteiger partial charge in [-0.05, 0) is 13.0 Å². The highest BCUT2D eigenvalue weighted by Crippen LogP contribution is 2.28. The van der Waals surface area contributed by atoms with Gasteiger partial charge in [-0.3, -0.25) is 4.90 Å². The molecule has 1 saturated heterocycles. The minimum Gasteiger partial charge on any atom is -0.299 e. The van der Waals surface area contributed by atoms with Gasteiger partial charge in [0.25, 0.3) is 5.92 Å². The molecule has 0 atom stereocenters. The molecule has 0 spiro atoms. The Bertz CT molecular complexity index is 631. The number of alkyl halides is 2. The Morgan fingerprint density at radius 3 is 2.45 bits per heavy atom. The van der Waals surface area contributed by atoms with Crippen LogP contribution in [0.5, 0.6) is 0 Å². The van der Waals surface area contributed by atoms with Crippen molar-refractivity contribution in [1.29, 1.82) is 0 Å². The van der Waals surface area contributed by atoms with Gasteiger partial charge in [-0.2, -0.15) is 0 Å². The number of halogens is 2. The normalized spacial score (nSPS) is 18.3. The Balaban J connectivity index is 1.65. The summed E-state index contributed by atoms with van der Waals surface area (Å²) in [6, 6.07) is 8.04. The molecule has 3 rings (SSSR count). The van der Waals surface area contributed by atoms with E-state index >= 15 is 0 Å². The van der Waals surface area contributed by atoms with Crippen molar-refractivity contribution < 1.29 is 8.78 Å². The van der Waals surface area contributed by atoms with Crippen LogP contribution in [0.25, 0.3) is 11.4 Å². The van der Waals surface area contributed by atoms with Crippen LogP contribution < -0.4 is 0 Å². The summed E-state index contributed by atoms with van der Waals surface area (Å²) in [5.74, 6) is -1.81. The summed E-state index contributed by atoms with van der Waals surface area (Å²) in [5, 5.41) is 0. The van der Waals surface area contributed by atoms with Crippen molar-refractivity contribution in [2.24, 2.45) is 0 Å². The van der Waals surface area contributed by atoms with Gasteiger partial charge in [0.1, 0.15) is 0 Å². The van der Waals surface area contributed by atoms with E-state index in [1.165, 1.54) is 5.56 Å². The predicted molar refractivity (Wildman–Crippen MR) is 81.7 cm³/mol. The molecule has 116 valence electrons. The maximum Gasteiger partial charge on any atom is 0.250 e. The van der Waals surface area contributed by atoms with E-state index in [-0.39, 0.29) is 12.8 Å². The molecule has 22 heavy (non-hydrogen) atoms. The van der Waals surface area contributed by atoms with E-state index in [9.17, 15) is 8.78 Å². The molecule has 0 bridgehead atoms. The molecular weight excluding hydrogens is 284 g/mol. The summed E-state index contributed by atoms with van der Waals surface area (Å²) in [5.41, 5.74) is 3.12. The molecule has 0 aliphatic carbocycles. The molecule has 5 heteroatoms. The maximum absolute atomic E-state index is 13.1. The smallest absolute Gasteiger partial charge is 0.250 e. The number of piperidine rings is 1. The monoisotopic (exact) mass is 303 g/mol. The van der Waals surface area contributed by atoms with Gasteiger partial charge in [0, 0.05) is 56.0 Å². The van der Waals surface area contributed by atoms with Gasteiger partial charge in [0.15, 0.2) is 5.82 Å². The van der Waals surface area contributed by atoms with Gasteiger partial charge in [0.05, 0.1) is 0 Å². The number of likely N-dealkylation sites (tertiary alicyclic amines) is 1. The Morgan fingerprint density at radius 1 is 1.14 bits per heavy atom. The summed E-state index contributed by atoms with van der Waals surface area (Å²) >= 11 is 0. The minimum atomic E-state index is -2.50. The predicted octanol–water partition coefficient (Wildman–Crippen LogP) is 3.68. The fourth-order valence-corrected chi connectivity index (χ4v) is 2.67. The zero-order chi connectivity index (χ0) is 15.6. The summed E-state index contributed by atoms with van der Waals surface area (Å²) in [4.78, 5) is 10.8. The van der Waals surface area contributed by atoms with Crippen LogP contribution in [0, 0.1) is 6.92 Å². The topological polar surface area (TPSA) is 29.0 Å². The molecule has 0 amide bonds. The first-order valence-electron chi connectivity index (χ1n) is 7.50. The van der Waals surface area contributed by atoms with Crippen LogP contribution >= 0.6 is 0 Å². The number of hydrogen-bond donors (Lipinski definition) is 0. The third-order valence-corrected chi connectivity index (χ3v) is 3.98. The Kier molecular flexibility index (Phi) is 4.16. The lowest BCUT2D eigenvalue weighted by Crippen LogP contribution is -2.38. The van der Waals surface area contributed by atoms with E-state index in [0.717, 1.165) is 11.1 Å². The van der Waals surface area contributed by atoms with Crippen molar-refractivity contribution in [1.82, 2.24) is 14.9 Å². The van der Waals surface area contributed by atoms with Crippen LogP contribution in [0.15, 0.2) is 36.7 Å².